The zero-order valence-corrected chi connectivity index (χ0v) is 11.6. The van der Waals surface area contributed by atoms with E-state index in [0.29, 0.717) is 11.4 Å². The molecule has 1 amide bonds. The average molecular weight is 276 g/mol. The van der Waals surface area contributed by atoms with Gasteiger partial charge in [-0.25, -0.2) is 0 Å². The van der Waals surface area contributed by atoms with Gasteiger partial charge < -0.3 is 20.5 Å². The first kappa shape index (κ1) is 13.4. The Morgan fingerprint density at radius 1 is 1.50 bits per heavy atom. The second kappa shape index (κ2) is 5.07. The van der Waals surface area contributed by atoms with E-state index >= 15 is 0 Å². The summed E-state index contributed by atoms with van der Waals surface area (Å²) in [4.78, 5) is 11.4. The van der Waals surface area contributed by atoms with E-state index in [9.17, 15) is 4.79 Å². The lowest BCUT2D eigenvalue weighted by atomic mass is 9.75. The van der Waals surface area contributed by atoms with Gasteiger partial charge in [-0.2, -0.15) is 0 Å². The number of rotatable bonds is 4. The van der Waals surface area contributed by atoms with Crippen LogP contribution in [0.3, 0.4) is 0 Å². The number of methoxy groups -OCH3 is 1. The van der Waals surface area contributed by atoms with Crippen molar-refractivity contribution in [3.8, 4) is 5.75 Å². The molecule has 0 bridgehead atoms. The average Bonchev–Trinajstić information content (AvgIpc) is 2.41. The molecule has 1 aromatic carbocycles. The molecule has 0 radical (unpaired) electrons. The van der Waals surface area contributed by atoms with Crippen molar-refractivity contribution in [1.82, 2.24) is 0 Å². The molecule has 1 unspecified atom stereocenters. The predicted molar refractivity (Wildman–Crippen MR) is 75.7 cm³/mol. The van der Waals surface area contributed by atoms with Crippen LogP contribution in [0.25, 0.3) is 0 Å². The Labute approximate surface area is 118 Å². The first-order valence-electron chi connectivity index (χ1n) is 6.99. The molecule has 0 spiro atoms. The van der Waals surface area contributed by atoms with Gasteiger partial charge in [0, 0.05) is 13.2 Å². The third kappa shape index (κ3) is 2.39. The van der Waals surface area contributed by atoms with Crippen molar-refractivity contribution in [2.75, 3.05) is 19.0 Å². The standard InChI is InChI=1S/C15H20N2O3/c1-19-15(5-2-6-15)8-11(16)10-3-4-13-12(7-10)17-14(18)9-20-13/h3-4,7,11H,2,5-6,8-9,16H2,1H3,(H,17,18). The minimum absolute atomic E-state index is 0.0604. The summed E-state index contributed by atoms with van der Waals surface area (Å²) in [7, 11) is 1.76. The number of carbonyl (C=O) groups excluding carboxylic acids is 1. The first-order valence-corrected chi connectivity index (χ1v) is 6.99. The van der Waals surface area contributed by atoms with Gasteiger partial charge in [0.15, 0.2) is 6.61 Å². The molecule has 5 heteroatoms. The second-order valence-corrected chi connectivity index (χ2v) is 5.64. The molecule has 0 saturated heterocycles. The lowest BCUT2D eigenvalue weighted by Crippen LogP contribution is -2.41. The van der Waals surface area contributed by atoms with Crippen LogP contribution in [0.15, 0.2) is 18.2 Å². The van der Waals surface area contributed by atoms with Crippen molar-refractivity contribution in [1.29, 1.82) is 0 Å². The fourth-order valence-electron chi connectivity index (χ4n) is 2.91. The van der Waals surface area contributed by atoms with E-state index in [1.807, 2.05) is 18.2 Å². The number of nitrogens with two attached hydrogens (primary N) is 1. The highest BCUT2D eigenvalue weighted by atomic mass is 16.5. The Morgan fingerprint density at radius 2 is 2.30 bits per heavy atom. The number of anilines is 1. The Hall–Kier alpha value is -1.59. The minimum Gasteiger partial charge on any atom is -0.482 e. The Balaban J connectivity index is 1.76. The Morgan fingerprint density at radius 3 is 2.95 bits per heavy atom. The van der Waals surface area contributed by atoms with E-state index in [-0.39, 0.29) is 24.2 Å². The lowest BCUT2D eigenvalue weighted by Gasteiger charge is -2.42. The molecule has 3 N–H and O–H groups in total. The van der Waals surface area contributed by atoms with Gasteiger partial charge in [0.25, 0.3) is 5.91 Å². The minimum atomic E-state index is -0.129. The molecule has 2 aliphatic rings. The highest BCUT2D eigenvalue weighted by Crippen LogP contribution is 2.42. The molecule has 3 rings (SSSR count). The summed E-state index contributed by atoms with van der Waals surface area (Å²) in [5, 5.41) is 2.81. The van der Waals surface area contributed by atoms with Gasteiger partial charge in [-0.15, -0.1) is 0 Å². The summed E-state index contributed by atoms with van der Waals surface area (Å²) >= 11 is 0. The van der Waals surface area contributed by atoms with Gasteiger partial charge in [0.2, 0.25) is 0 Å². The number of hydrogen-bond donors (Lipinski definition) is 2. The highest BCUT2D eigenvalue weighted by Gasteiger charge is 2.38. The first-order chi connectivity index (χ1) is 9.62. The normalized spacial score (nSPS) is 21.2. The van der Waals surface area contributed by atoms with Crippen molar-refractivity contribution in [3.05, 3.63) is 23.8 Å². The molecule has 20 heavy (non-hydrogen) atoms. The Bertz CT molecular complexity index is 520. The van der Waals surface area contributed by atoms with E-state index < -0.39 is 0 Å². The van der Waals surface area contributed by atoms with Crippen LogP contribution in [-0.4, -0.2) is 25.2 Å². The number of benzene rings is 1. The quantitative estimate of drug-likeness (QED) is 0.882. The molecule has 1 aliphatic carbocycles. The number of ether oxygens (including phenoxy) is 2. The number of hydrogen-bond acceptors (Lipinski definition) is 4. The third-order valence-corrected chi connectivity index (χ3v) is 4.35. The van der Waals surface area contributed by atoms with Crippen molar-refractivity contribution >= 4 is 11.6 Å². The van der Waals surface area contributed by atoms with Crippen LogP contribution < -0.4 is 15.8 Å². The fraction of sp³-hybridized carbons (Fsp3) is 0.533. The summed E-state index contributed by atoms with van der Waals surface area (Å²) in [6, 6.07) is 5.63. The molecule has 1 atom stereocenters. The van der Waals surface area contributed by atoms with Gasteiger partial charge in [-0.3, -0.25) is 4.79 Å². The van der Waals surface area contributed by atoms with Crippen LogP contribution in [0.2, 0.25) is 0 Å². The van der Waals surface area contributed by atoms with Crippen LogP contribution >= 0.6 is 0 Å². The molecule has 1 aliphatic heterocycles. The molecule has 1 saturated carbocycles. The van der Waals surface area contributed by atoms with Crippen LogP contribution in [-0.2, 0) is 9.53 Å². The van der Waals surface area contributed by atoms with E-state index in [1.165, 1.54) is 6.42 Å². The largest absolute Gasteiger partial charge is 0.482 e. The van der Waals surface area contributed by atoms with Crippen LogP contribution in [0.1, 0.15) is 37.3 Å². The van der Waals surface area contributed by atoms with Crippen LogP contribution in [0.4, 0.5) is 5.69 Å². The zero-order chi connectivity index (χ0) is 14.2. The van der Waals surface area contributed by atoms with Gasteiger partial charge >= 0.3 is 0 Å². The van der Waals surface area contributed by atoms with Crippen molar-refractivity contribution < 1.29 is 14.3 Å². The molecular formula is C15H20N2O3. The molecule has 5 nitrogen and oxygen atoms in total. The zero-order valence-electron chi connectivity index (χ0n) is 11.6. The summed E-state index contributed by atoms with van der Waals surface area (Å²) in [5.41, 5.74) is 7.94. The summed E-state index contributed by atoms with van der Waals surface area (Å²) in [6.45, 7) is 0.0746. The maximum atomic E-state index is 11.4. The van der Waals surface area contributed by atoms with E-state index in [2.05, 4.69) is 5.32 Å². The number of amides is 1. The van der Waals surface area contributed by atoms with E-state index in [4.69, 9.17) is 15.2 Å². The van der Waals surface area contributed by atoms with Crippen molar-refractivity contribution in [2.24, 2.45) is 5.73 Å². The van der Waals surface area contributed by atoms with Gasteiger partial charge in [-0.1, -0.05) is 6.07 Å². The van der Waals surface area contributed by atoms with Gasteiger partial charge in [0.1, 0.15) is 5.75 Å². The summed E-state index contributed by atoms with van der Waals surface area (Å²) in [5.74, 6) is 0.571. The van der Waals surface area contributed by atoms with Gasteiger partial charge in [-0.05, 0) is 43.4 Å². The number of nitrogens with one attached hydrogen (secondary N) is 1. The molecule has 1 fully saturated rings. The maximum absolute atomic E-state index is 11.4. The predicted octanol–water partition coefficient (Wildman–Crippen LogP) is 1.98. The van der Waals surface area contributed by atoms with Gasteiger partial charge in [0.05, 0.1) is 11.3 Å². The summed E-state index contributed by atoms with van der Waals surface area (Å²) in [6.07, 6.45) is 4.15. The molecule has 108 valence electrons. The Kier molecular flexibility index (Phi) is 3.40. The smallest absolute Gasteiger partial charge is 0.262 e. The molecule has 1 aromatic rings. The lowest BCUT2D eigenvalue weighted by molar-refractivity contribution is -0.118. The van der Waals surface area contributed by atoms with Crippen molar-refractivity contribution in [2.45, 2.75) is 37.3 Å². The van der Waals surface area contributed by atoms with Crippen LogP contribution in [0.5, 0.6) is 5.75 Å². The number of carbonyl (C=O) groups is 1. The van der Waals surface area contributed by atoms with Crippen LogP contribution in [0, 0.1) is 0 Å². The fourth-order valence-corrected chi connectivity index (χ4v) is 2.91. The number of fused-ring (bicyclic) bond motifs is 1. The molecule has 1 heterocycles. The van der Waals surface area contributed by atoms with E-state index in [0.717, 1.165) is 24.8 Å². The SMILES string of the molecule is COC1(CC(N)c2ccc3c(c2)NC(=O)CO3)CCC1. The molecule has 0 aromatic heterocycles. The second-order valence-electron chi connectivity index (χ2n) is 5.64. The monoisotopic (exact) mass is 276 g/mol. The third-order valence-electron chi connectivity index (χ3n) is 4.35. The molecular weight excluding hydrogens is 256 g/mol. The van der Waals surface area contributed by atoms with Crippen molar-refractivity contribution in [3.63, 3.8) is 0 Å². The summed E-state index contributed by atoms with van der Waals surface area (Å²) < 4.78 is 11.0. The highest BCUT2D eigenvalue weighted by molar-refractivity contribution is 5.95. The van der Waals surface area contributed by atoms with E-state index in [1.54, 1.807) is 7.11 Å². The topological polar surface area (TPSA) is 73.6 Å². The maximum Gasteiger partial charge on any atom is 0.262 e.